The number of anilines is 1. The Kier molecular flexibility index (Phi) is 5.71. The van der Waals surface area contributed by atoms with Crippen LogP contribution in [0.5, 0.6) is 0 Å². The quantitative estimate of drug-likeness (QED) is 0.451. The molecule has 0 bridgehead atoms. The van der Waals surface area contributed by atoms with Crippen LogP contribution in [-0.2, 0) is 17.6 Å². The van der Waals surface area contributed by atoms with Gasteiger partial charge >= 0.3 is 0 Å². The average Bonchev–Trinajstić information content (AvgIpc) is 3.30. The Morgan fingerprint density at radius 1 is 0.897 bits per heavy atom. The number of H-pyrrole nitrogens is 1. The van der Waals surface area contributed by atoms with Crippen LogP contribution < -0.4 is 5.32 Å². The Morgan fingerprint density at radius 2 is 1.66 bits per heavy atom. The highest BCUT2D eigenvalue weighted by Gasteiger charge is 2.15. The topological polar surface area (TPSA) is 83.6 Å². The van der Waals surface area contributed by atoms with E-state index in [1.165, 1.54) is 16.7 Å². The highest BCUT2D eigenvalue weighted by atomic mass is 16.1. The zero-order chi connectivity index (χ0) is 19.9. The third-order valence-electron chi connectivity index (χ3n) is 4.92. The van der Waals surface area contributed by atoms with Gasteiger partial charge in [0, 0.05) is 11.3 Å². The van der Waals surface area contributed by atoms with E-state index < -0.39 is 0 Å². The number of carbonyl (C=O) groups is 1. The van der Waals surface area contributed by atoms with Gasteiger partial charge in [-0.3, -0.25) is 4.79 Å². The monoisotopic (exact) mass is 383 g/mol. The van der Waals surface area contributed by atoms with Gasteiger partial charge in [0.1, 0.15) is 0 Å². The van der Waals surface area contributed by atoms with Crippen LogP contribution in [0.25, 0.3) is 11.4 Å². The number of carbonyl (C=O) groups excluding carboxylic acids is 1. The van der Waals surface area contributed by atoms with E-state index >= 15 is 0 Å². The minimum atomic E-state index is 0.295. The maximum Gasteiger partial charge on any atom is 0.211 e. The van der Waals surface area contributed by atoms with Gasteiger partial charge in [0.15, 0.2) is 0 Å². The second-order valence-corrected chi connectivity index (χ2v) is 6.91. The van der Waals surface area contributed by atoms with Crippen LogP contribution in [0.2, 0.25) is 0 Å². The zero-order valence-electron chi connectivity index (χ0n) is 15.8. The van der Waals surface area contributed by atoms with Crippen molar-refractivity contribution in [1.82, 2.24) is 20.6 Å². The molecule has 1 atom stereocenters. The van der Waals surface area contributed by atoms with Crippen LogP contribution in [0.15, 0.2) is 78.9 Å². The molecule has 144 valence electrons. The van der Waals surface area contributed by atoms with Gasteiger partial charge in [0.2, 0.25) is 12.2 Å². The lowest BCUT2D eigenvalue weighted by Crippen LogP contribution is -2.07. The summed E-state index contributed by atoms with van der Waals surface area (Å²) < 4.78 is 0. The molecule has 3 aromatic carbocycles. The lowest BCUT2D eigenvalue weighted by molar-refractivity contribution is -0.105. The number of hydrogen-bond donors (Lipinski definition) is 2. The molecule has 6 nitrogen and oxygen atoms in total. The van der Waals surface area contributed by atoms with Gasteiger partial charge in [0.05, 0.1) is 0 Å². The summed E-state index contributed by atoms with van der Waals surface area (Å²) >= 11 is 0. The Balaban J connectivity index is 1.61. The number of nitrogens with one attached hydrogen (secondary N) is 2. The Labute approximate surface area is 169 Å². The summed E-state index contributed by atoms with van der Waals surface area (Å²) in [5, 5.41) is 17.0. The zero-order valence-corrected chi connectivity index (χ0v) is 15.8. The van der Waals surface area contributed by atoms with E-state index in [1.54, 1.807) is 0 Å². The predicted molar refractivity (Wildman–Crippen MR) is 112 cm³/mol. The molecule has 0 radical (unpaired) electrons. The number of rotatable bonds is 8. The van der Waals surface area contributed by atoms with Gasteiger partial charge < -0.3 is 5.32 Å². The SMILES string of the molecule is O=CNc1cccc(CC(Cc2cccc(-c3nn[nH]n3)c2)c2ccccc2)c1. The molecule has 0 aliphatic carbocycles. The maximum absolute atomic E-state index is 10.8. The highest BCUT2D eigenvalue weighted by molar-refractivity contribution is 5.71. The summed E-state index contributed by atoms with van der Waals surface area (Å²) in [6.07, 6.45) is 2.45. The molecule has 0 fully saturated rings. The second-order valence-electron chi connectivity index (χ2n) is 6.91. The van der Waals surface area contributed by atoms with Crippen LogP contribution in [0.4, 0.5) is 5.69 Å². The number of tetrazole rings is 1. The fourth-order valence-corrected chi connectivity index (χ4v) is 3.58. The van der Waals surface area contributed by atoms with Crippen LogP contribution in [0.3, 0.4) is 0 Å². The third kappa shape index (κ3) is 4.73. The van der Waals surface area contributed by atoms with Crippen molar-refractivity contribution < 1.29 is 4.79 Å². The van der Waals surface area contributed by atoms with E-state index in [9.17, 15) is 4.79 Å². The molecule has 4 rings (SSSR count). The van der Waals surface area contributed by atoms with E-state index in [-0.39, 0.29) is 0 Å². The molecule has 29 heavy (non-hydrogen) atoms. The second kappa shape index (κ2) is 8.93. The van der Waals surface area contributed by atoms with Crippen molar-refractivity contribution in [2.75, 3.05) is 5.32 Å². The number of aromatic amines is 1. The van der Waals surface area contributed by atoms with Gasteiger partial charge in [-0.05, 0) is 58.9 Å². The smallest absolute Gasteiger partial charge is 0.211 e. The number of benzene rings is 3. The van der Waals surface area contributed by atoms with E-state index in [1.807, 2.05) is 36.4 Å². The first-order chi connectivity index (χ1) is 14.3. The predicted octanol–water partition coefficient (Wildman–Crippen LogP) is 4.00. The molecule has 1 amide bonds. The lowest BCUT2D eigenvalue weighted by Gasteiger charge is -2.19. The van der Waals surface area contributed by atoms with Crippen LogP contribution in [0.1, 0.15) is 22.6 Å². The molecule has 0 aliphatic rings. The van der Waals surface area contributed by atoms with E-state index in [4.69, 9.17) is 0 Å². The summed E-state index contributed by atoms with van der Waals surface area (Å²) in [5.74, 6) is 0.888. The molecule has 2 N–H and O–H groups in total. The molecule has 0 aliphatic heterocycles. The fourth-order valence-electron chi connectivity index (χ4n) is 3.58. The first-order valence-electron chi connectivity index (χ1n) is 9.48. The summed E-state index contributed by atoms with van der Waals surface area (Å²) in [6.45, 7) is 0. The lowest BCUT2D eigenvalue weighted by atomic mass is 9.86. The third-order valence-corrected chi connectivity index (χ3v) is 4.92. The first kappa shape index (κ1) is 18.6. The van der Waals surface area contributed by atoms with Crippen LogP contribution in [-0.4, -0.2) is 27.0 Å². The highest BCUT2D eigenvalue weighted by Crippen LogP contribution is 2.27. The fraction of sp³-hybridized carbons (Fsp3) is 0.130. The average molecular weight is 383 g/mol. The number of amides is 1. The van der Waals surface area contributed by atoms with Crippen molar-refractivity contribution in [3.05, 3.63) is 95.6 Å². The minimum absolute atomic E-state index is 0.295. The van der Waals surface area contributed by atoms with E-state index in [0.717, 1.165) is 24.1 Å². The molecule has 1 aromatic heterocycles. The summed E-state index contributed by atoms with van der Waals surface area (Å²) in [6, 6.07) is 26.8. The molecule has 0 saturated heterocycles. The number of aromatic nitrogens is 4. The molecule has 1 unspecified atom stereocenters. The minimum Gasteiger partial charge on any atom is -0.329 e. The van der Waals surface area contributed by atoms with Gasteiger partial charge in [-0.25, -0.2) is 0 Å². The summed E-state index contributed by atoms with van der Waals surface area (Å²) in [4.78, 5) is 10.8. The Hall–Kier alpha value is -3.80. The molecular weight excluding hydrogens is 362 g/mol. The largest absolute Gasteiger partial charge is 0.329 e. The van der Waals surface area contributed by atoms with Gasteiger partial charge in [0.25, 0.3) is 0 Å². The maximum atomic E-state index is 10.8. The first-order valence-corrected chi connectivity index (χ1v) is 9.48. The molecule has 1 heterocycles. The van der Waals surface area contributed by atoms with Crippen LogP contribution >= 0.6 is 0 Å². The number of hydrogen-bond acceptors (Lipinski definition) is 4. The standard InChI is InChI=1S/C23H21N5O/c29-16-24-22-11-5-7-18(15-22)14-21(19-8-2-1-3-9-19)13-17-6-4-10-20(12-17)23-25-27-28-26-23/h1-12,15-16,21H,13-14H2,(H,24,29)(H,25,26,27,28). The molecule has 0 spiro atoms. The van der Waals surface area contributed by atoms with Crippen molar-refractivity contribution in [2.45, 2.75) is 18.8 Å². The normalized spacial score (nSPS) is 11.7. The van der Waals surface area contributed by atoms with Crippen molar-refractivity contribution in [3.8, 4) is 11.4 Å². The Bertz CT molecular complexity index is 1060. The summed E-state index contributed by atoms with van der Waals surface area (Å²) in [5.41, 5.74) is 5.43. The Morgan fingerprint density at radius 3 is 2.38 bits per heavy atom. The van der Waals surface area contributed by atoms with Crippen molar-refractivity contribution in [3.63, 3.8) is 0 Å². The molecule has 6 heteroatoms. The molecule has 0 saturated carbocycles. The van der Waals surface area contributed by atoms with Gasteiger partial charge in [-0.2, -0.15) is 5.21 Å². The summed E-state index contributed by atoms with van der Waals surface area (Å²) in [7, 11) is 0. The van der Waals surface area contributed by atoms with Gasteiger partial charge in [-0.15, -0.1) is 10.2 Å². The van der Waals surface area contributed by atoms with Crippen molar-refractivity contribution >= 4 is 12.1 Å². The molecule has 4 aromatic rings. The van der Waals surface area contributed by atoms with Crippen molar-refractivity contribution in [1.29, 1.82) is 0 Å². The molecular formula is C23H21N5O. The number of nitrogens with zero attached hydrogens (tertiary/aromatic N) is 3. The van der Waals surface area contributed by atoms with Gasteiger partial charge in [-0.1, -0.05) is 60.7 Å². The van der Waals surface area contributed by atoms with Crippen molar-refractivity contribution in [2.24, 2.45) is 0 Å². The van der Waals surface area contributed by atoms with E-state index in [2.05, 4.69) is 68.4 Å². The van der Waals surface area contributed by atoms with Crippen LogP contribution in [0, 0.1) is 0 Å². The van der Waals surface area contributed by atoms with E-state index in [0.29, 0.717) is 18.2 Å².